The number of carboxylic acid groups (broad SMARTS) is 1. The van der Waals surface area contributed by atoms with Gasteiger partial charge in [-0.05, 0) is 44.4 Å². The molecule has 5 rings (SSSR count). The van der Waals surface area contributed by atoms with Crippen molar-refractivity contribution in [1.29, 1.82) is 0 Å². The van der Waals surface area contributed by atoms with E-state index in [1.165, 1.54) is 23.9 Å². The largest absolute Gasteiger partial charge is 0.478 e. The van der Waals surface area contributed by atoms with E-state index in [0.29, 0.717) is 23.9 Å². The van der Waals surface area contributed by atoms with Crippen molar-refractivity contribution < 1.29 is 18.7 Å². The standard InChI is InChI=1S/C23H20ClF2N3O2S/c1-2-28-11-13(10-27-28)29-20(12-6-7-12)22(15-8-9-16(24)19(26)21(15)29)32-17-5-3-4-14(18(17)25)23(30)31/h3-4,8-12,17H,2,5-7H2,1H3,(H,30,31). The molecule has 0 radical (unpaired) electrons. The number of nitrogens with zero attached hydrogens (tertiary/aromatic N) is 3. The molecule has 3 aromatic rings. The van der Waals surface area contributed by atoms with E-state index in [9.17, 15) is 9.90 Å². The molecule has 2 aliphatic carbocycles. The number of benzene rings is 1. The molecular weight excluding hydrogens is 456 g/mol. The third-order valence-electron chi connectivity index (χ3n) is 5.84. The summed E-state index contributed by atoms with van der Waals surface area (Å²) in [6.07, 6.45) is 8.77. The van der Waals surface area contributed by atoms with E-state index in [2.05, 4.69) is 5.10 Å². The molecule has 0 saturated heterocycles. The van der Waals surface area contributed by atoms with Crippen LogP contribution in [-0.4, -0.2) is 30.7 Å². The molecule has 2 heterocycles. The van der Waals surface area contributed by atoms with Gasteiger partial charge in [0.05, 0.1) is 33.2 Å². The van der Waals surface area contributed by atoms with E-state index in [-0.39, 0.29) is 16.5 Å². The monoisotopic (exact) mass is 475 g/mol. The Bertz CT molecular complexity index is 1310. The van der Waals surface area contributed by atoms with Crippen molar-refractivity contribution in [3.8, 4) is 5.69 Å². The Morgan fingerprint density at radius 3 is 2.78 bits per heavy atom. The molecule has 1 atom stereocenters. The smallest absolute Gasteiger partial charge is 0.338 e. The molecule has 0 amide bonds. The van der Waals surface area contributed by atoms with Gasteiger partial charge in [0.15, 0.2) is 5.82 Å². The number of halogens is 3. The number of aliphatic carboxylic acids is 1. The second kappa shape index (κ2) is 8.08. The Morgan fingerprint density at radius 1 is 1.34 bits per heavy atom. The molecule has 9 heteroatoms. The van der Waals surface area contributed by atoms with E-state index < -0.39 is 22.9 Å². The lowest BCUT2D eigenvalue weighted by atomic mass is 10.1. The van der Waals surface area contributed by atoms with Crippen LogP contribution in [0.4, 0.5) is 8.78 Å². The number of hydrogen-bond donors (Lipinski definition) is 1. The van der Waals surface area contributed by atoms with Crippen LogP contribution in [0.2, 0.25) is 5.02 Å². The van der Waals surface area contributed by atoms with Crippen molar-refractivity contribution in [2.24, 2.45) is 0 Å². The summed E-state index contributed by atoms with van der Waals surface area (Å²) in [6, 6.07) is 3.27. The topological polar surface area (TPSA) is 60.0 Å². The van der Waals surface area contributed by atoms with E-state index >= 15 is 8.78 Å². The second-order valence-electron chi connectivity index (χ2n) is 7.95. The summed E-state index contributed by atoms with van der Waals surface area (Å²) in [5.41, 5.74) is 1.63. The zero-order valence-corrected chi connectivity index (χ0v) is 18.8. The zero-order valence-electron chi connectivity index (χ0n) is 17.2. The molecule has 166 valence electrons. The van der Waals surface area contributed by atoms with E-state index in [4.69, 9.17) is 11.6 Å². The SMILES string of the molecule is CCn1cc(-n2c(C3CC3)c(SC3CC=CC(C(=O)O)=C3F)c3ccc(Cl)c(F)c32)cn1. The summed E-state index contributed by atoms with van der Waals surface area (Å²) < 4.78 is 34.0. The predicted molar refractivity (Wildman–Crippen MR) is 121 cm³/mol. The maximum Gasteiger partial charge on any atom is 0.338 e. The molecule has 1 unspecified atom stereocenters. The molecule has 2 aromatic heterocycles. The first-order valence-corrected chi connectivity index (χ1v) is 11.7. The summed E-state index contributed by atoms with van der Waals surface area (Å²) in [5.74, 6) is -2.29. The Balaban J connectivity index is 1.73. The quantitative estimate of drug-likeness (QED) is 0.458. The fourth-order valence-corrected chi connectivity index (χ4v) is 5.69. The number of thioether (sulfide) groups is 1. The molecule has 0 bridgehead atoms. The number of carboxylic acids is 1. The van der Waals surface area contributed by atoms with Crippen LogP contribution >= 0.6 is 23.4 Å². The third kappa shape index (κ3) is 3.46. The first kappa shape index (κ1) is 21.3. The van der Waals surface area contributed by atoms with E-state index in [0.717, 1.165) is 29.1 Å². The fourth-order valence-electron chi connectivity index (χ4n) is 4.14. The van der Waals surface area contributed by atoms with Gasteiger partial charge in [-0.25, -0.2) is 13.6 Å². The van der Waals surface area contributed by atoms with Gasteiger partial charge in [-0.2, -0.15) is 5.10 Å². The highest BCUT2D eigenvalue weighted by Gasteiger charge is 2.36. The van der Waals surface area contributed by atoms with E-state index in [1.54, 1.807) is 23.0 Å². The van der Waals surface area contributed by atoms with Gasteiger partial charge in [0.2, 0.25) is 0 Å². The van der Waals surface area contributed by atoms with Crippen molar-refractivity contribution in [1.82, 2.24) is 14.3 Å². The maximum atomic E-state index is 15.4. The first-order valence-electron chi connectivity index (χ1n) is 10.4. The highest BCUT2D eigenvalue weighted by atomic mass is 35.5. The summed E-state index contributed by atoms with van der Waals surface area (Å²) >= 11 is 7.40. The molecular formula is C23H20ClF2N3O2S. The normalized spacial score (nSPS) is 18.7. The average Bonchev–Trinajstić information content (AvgIpc) is 3.40. The van der Waals surface area contributed by atoms with Crippen molar-refractivity contribution >= 4 is 40.2 Å². The third-order valence-corrected chi connectivity index (χ3v) is 7.48. The number of rotatable bonds is 6. The fraction of sp³-hybridized carbons (Fsp3) is 0.304. The molecule has 0 spiro atoms. The van der Waals surface area contributed by atoms with Gasteiger partial charge in [-0.1, -0.05) is 17.7 Å². The number of aromatic nitrogens is 3. The lowest BCUT2D eigenvalue weighted by molar-refractivity contribution is -0.132. The highest BCUT2D eigenvalue weighted by molar-refractivity contribution is 8.00. The Labute approximate surface area is 192 Å². The Kier molecular flexibility index (Phi) is 5.37. The van der Waals surface area contributed by atoms with Gasteiger partial charge in [-0.15, -0.1) is 11.8 Å². The summed E-state index contributed by atoms with van der Waals surface area (Å²) in [5, 5.41) is 13.6. The zero-order chi connectivity index (χ0) is 22.6. The van der Waals surface area contributed by atoms with Crippen LogP contribution in [0.5, 0.6) is 0 Å². The van der Waals surface area contributed by atoms with Gasteiger partial charge in [0.25, 0.3) is 0 Å². The van der Waals surface area contributed by atoms with Crippen LogP contribution in [0, 0.1) is 5.82 Å². The van der Waals surface area contributed by atoms with Gasteiger partial charge in [0, 0.05) is 34.6 Å². The number of hydrogen-bond acceptors (Lipinski definition) is 3. The predicted octanol–water partition coefficient (Wildman–Crippen LogP) is 6.25. The molecule has 2 aliphatic rings. The minimum Gasteiger partial charge on any atom is -0.478 e. The Morgan fingerprint density at radius 2 is 2.12 bits per heavy atom. The van der Waals surface area contributed by atoms with Gasteiger partial charge in [-0.3, -0.25) is 4.68 Å². The lowest BCUT2D eigenvalue weighted by Gasteiger charge is -2.18. The minimum absolute atomic E-state index is 0.0119. The van der Waals surface area contributed by atoms with Crippen molar-refractivity contribution in [3.63, 3.8) is 0 Å². The molecule has 1 fully saturated rings. The molecule has 32 heavy (non-hydrogen) atoms. The van der Waals surface area contributed by atoms with Crippen LogP contribution in [-0.2, 0) is 11.3 Å². The maximum absolute atomic E-state index is 15.4. The van der Waals surface area contributed by atoms with Crippen molar-refractivity contribution in [2.75, 3.05) is 0 Å². The van der Waals surface area contributed by atoms with Crippen LogP contribution in [0.1, 0.15) is 37.8 Å². The van der Waals surface area contributed by atoms with Crippen LogP contribution in [0.15, 0.2) is 53.0 Å². The minimum atomic E-state index is -1.29. The first-order chi connectivity index (χ1) is 15.4. The molecule has 1 N–H and O–H groups in total. The van der Waals surface area contributed by atoms with Crippen LogP contribution < -0.4 is 0 Å². The summed E-state index contributed by atoms with van der Waals surface area (Å²) in [4.78, 5) is 12.2. The molecule has 0 aliphatic heterocycles. The molecule has 1 saturated carbocycles. The summed E-state index contributed by atoms with van der Waals surface area (Å²) in [7, 11) is 0. The number of fused-ring (bicyclic) bond motifs is 1. The number of allylic oxidation sites excluding steroid dienone is 1. The van der Waals surface area contributed by atoms with Crippen LogP contribution in [0.25, 0.3) is 16.6 Å². The van der Waals surface area contributed by atoms with Gasteiger partial charge >= 0.3 is 5.97 Å². The Hall–Kier alpha value is -2.58. The average molecular weight is 476 g/mol. The van der Waals surface area contributed by atoms with Crippen molar-refractivity contribution in [3.05, 3.63) is 64.6 Å². The molecule has 1 aromatic carbocycles. The van der Waals surface area contributed by atoms with Gasteiger partial charge in [0.1, 0.15) is 5.83 Å². The highest BCUT2D eigenvalue weighted by Crippen LogP contribution is 2.52. The number of aryl methyl sites for hydroxylation is 1. The van der Waals surface area contributed by atoms with Crippen LogP contribution in [0.3, 0.4) is 0 Å². The van der Waals surface area contributed by atoms with E-state index in [1.807, 2.05) is 17.7 Å². The number of carbonyl (C=O) groups is 1. The molecule has 5 nitrogen and oxygen atoms in total. The second-order valence-corrected chi connectivity index (χ2v) is 9.57. The van der Waals surface area contributed by atoms with Crippen molar-refractivity contribution in [2.45, 2.75) is 48.8 Å². The lowest BCUT2D eigenvalue weighted by Crippen LogP contribution is -2.13. The van der Waals surface area contributed by atoms with Gasteiger partial charge < -0.3 is 9.67 Å². The summed E-state index contributed by atoms with van der Waals surface area (Å²) in [6.45, 7) is 2.64.